The number of azo groups is 1. The molecule has 1 fully saturated rings. The molecule has 0 spiro atoms. The third-order valence-corrected chi connectivity index (χ3v) is 5.76. The third-order valence-electron chi connectivity index (χ3n) is 5.76. The number of para-hydroxylation sites is 1. The van der Waals surface area contributed by atoms with Gasteiger partial charge >= 0.3 is 0 Å². The van der Waals surface area contributed by atoms with Gasteiger partial charge in [-0.25, -0.2) is 0 Å². The molecule has 1 atom stereocenters. The molecule has 6 heteroatoms. The lowest BCUT2D eigenvalue weighted by molar-refractivity contribution is 0.0382. The van der Waals surface area contributed by atoms with Crippen molar-refractivity contribution in [1.29, 1.82) is 0 Å². The van der Waals surface area contributed by atoms with Gasteiger partial charge in [-0.3, -0.25) is 14.9 Å². The van der Waals surface area contributed by atoms with Crippen LogP contribution in [-0.4, -0.2) is 47.7 Å². The quantitative estimate of drug-likeness (QED) is 0.667. The maximum Gasteiger partial charge on any atom is 0.172 e. The summed E-state index contributed by atoms with van der Waals surface area (Å²) in [6, 6.07) is 16.3. The normalized spacial score (nSPS) is 22.1. The Morgan fingerprint density at radius 2 is 1.79 bits per heavy atom. The largest absolute Gasteiger partial charge is 0.379 e. The fourth-order valence-corrected chi connectivity index (χ4v) is 4.26. The molecule has 2 aromatic heterocycles. The van der Waals surface area contributed by atoms with Crippen LogP contribution in [-0.2, 0) is 10.3 Å². The fraction of sp³-hybridized carbons (Fsp3) is 0.304. The van der Waals surface area contributed by atoms with Gasteiger partial charge in [0.1, 0.15) is 0 Å². The predicted molar refractivity (Wildman–Crippen MR) is 112 cm³/mol. The lowest BCUT2D eigenvalue weighted by atomic mass is 9.78. The first-order chi connectivity index (χ1) is 14.4. The van der Waals surface area contributed by atoms with Gasteiger partial charge in [-0.05, 0) is 36.3 Å². The zero-order valence-corrected chi connectivity index (χ0v) is 16.2. The molecule has 4 heterocycles. The van der Waals surface area contributed by atoms with Gasteiger partial charge in [-0.15, -0.1) is 0 Å². The molecule has 5 rings (SSSR count). The highest BCUT2D eigenvalue weighted by atomic mass is 16.5. The van der Waals surface area contributed by atoms with Gasteiger partial charge in [0.25, 0.3) is 0 Å². The maximum atomic E-state index is 5.49. The predicted octanol–water partition coefficient (Wildman–Crippen LogP) is 3.95. The molecule has 3 aromatic rings. The summed E-state index contributed by atoms with van der Waals surface area (Å²) < 4.78 is 5.49. The van der Waals surface area contributed by atoms with Crippen molar-refractivity contribution in [1.82, 2.24) is 14.9 Å². The Morgan fingerprint density at radius 3 is 2.66 bits per heavy atom. The van der Waals surface area contributed by atoms with E-state index in [1.165, 1.54) is 5.57 Å². The molecule has 0 amide bonds. The molecular weight excluding hydrogens is 362 g/mol. The van der Waals surface area contributed by atoms with Crippen molar-refractivity contribution >= 4 is 10.9 Å². The zero-order valence-electron chi connectivity index (χ0n) is 16.2. The van der Waals surface area contributed by atoms with Crippen LogP contribution in [0.5, 0.6) is 0 Å². The molecular formula is C23H23N5O. The van der Waals surface area contributed by atoms with Crippen LogP contribution in [0.1, 0.15) is 17.7 Å². The van der Waals surface area contributed by atoms with Crippen LogP contribution in [0.4, 0.5) is 0 Å². The second-order valence-electron chi connectivity index (χ2n) is 7.37. The smallest absolute Gasteiger partial charge is 0.172 e. The SMILES string of the molecule is C1=C(CCN2CCOCC2)C(c2ccccn2)(c2ccnc3ccccc23)N=N1. The van der Waals surface area contributed by atoms with Crippen molar-refractivity contribution in [2.75, 3.05) is 32.8 Å². The number of fused-ring (bicyclic) bond motifs is 1. The van der Waals surface area contributed by atoms with Crippen LogP contribution < -0.4 is 0 Å². The zero-order chi connectivity index (χ0) is 19.5. The van der Waals surface area contributed by atoms with E-state index in [-0.39, 0.29) is 0 Å². The number of rotatable bonds is 5. The molecule has 0 radical (unpaired) electrons. The van der Waals surface area contributed by atoms with E-state index in [2.05, 4.69) is 27.1 Å². The fourth-order valence-electron chi connectivity index (χ4n) is 4.26. The Morgan fingerprint density at radius 1 is 0.931 bits per heavy atom. The molecule has 1 aromatic carbocycles. The van der Waals surface area contributed by atoms with E-state index < -0.39 is 5.54 Å². The first-order valence-electron chi connectivity index (χ1n) is 10.1. The maximum absolute atomic E-state index is 5.49. The topological polar surface area (TPSA) is 63.0 Å². The Labute approximate surface area is 170 Å². The molecule has 146 valence electrons. The summed E-state index contributed by atoms with van der Waals surface area (Å²) >= 11 is 0. The highest BCUT2D eigenvalue weighted by molar-refractivity contribution is 5.84. The van der Waals surface area contributed by atoms with Crippen molar-refractivity contribution in [3.05, 3.63) is 84.0 Å². The molecule has 29 heavy (non-hydrogen) atoms. The van der Waals surface area contributed by atoms with Gasteiger partial charge in [0.05, 0.1) is 30.6 Å². The van der Waals surface area contributed by atoms with E-state index in [0.717, 1.165) is 61.4 Å². The van der Waals surface area contributed by atoms with Crippen LogP contribution in [0.15, 0.2) is 82.9 Å². The summed E-state index contributed by atoms with van der Waals surface area (Å²) in [4.78, 5) is 11.7. The highest BCUT2D eigenvalue weighted by Gasteiger charge is 2.43. The Balaban J connectivity index is 1.60. The first kappa shape index (κ1) is 18.1. The van der Waals surface area contributed by atoms with Gasteiger partial charge < -0.3 is 4.74 Å². The first-order valence-corrected chi connectivity index (χ1v) is 10.1. The van der Waals surface area contributed by atoms with Crippen molar-refractivity contribution in [3.63, 3.8) is 0 Å². The number of pyridine rings is 2. The number of ether oxygens (including phenoxy) is 1. The van der Waals surface area contributed by atoms with Crippen molar-refractivity contribution in [2.45, 2.75) is 12.0 Å². The number of morpholine rings is 1. The van der Waals surface area contributed by atoms with Gasteiger partial charge in [0.2, 0.25) is 0 Å². The summed E-state index contributed by atoms with van der Waals surface area (Å²) in [5.74, 6) is 0. The molecule has 0 saturated carbocycles. The second-order valence-corrected chi connectivity index (χ2v) is 7.37. The van der Waals surface area contributed by atoms with E-state index in [1.807, 2.05) is 55.0 Å². The molecule has 1 unspecified atom stereocenters. The van der Waals surface area contributed by atoms with E-state index in [4.69, 9.17) is 14.8 Å². The van der Waals surface area contributed by atoms with Crippen LogP contribution >= 0.6 is 0 Å². The summed E-state index contributed by atoms with van der Waals surface area (Å²) in [5.41, 5.74) is 3.38. The Kier molecular flexibility index (Phi) is 4.87. The molecule has 1 saturated heterocycles. The summed E-state index contributed by atoms with van der Waals surface area (Å²) in [6.07, 6.45) is 6.48. The molecule has 0 N–H and O–H groups in total. The summed E-state index contributed by atoms with van der Waals surface area (Å²) in [6.45, 7) is 4.49. The average molecular weight is 385 g/mol. The minimum absolute atomic E-state index is 0.712. The van der Waals surface area contributed by atoms with E-state index in [9.17, 15) is 0 Å². The monoisotopic (exact) mass is 385 g/mol. The third kappa shape index (κ3) is 3.24. The van der Waals surface area contributed by atoms with E-state index >= 15 is 0 Å². The Bertz CT molecular complexity index is 1050. The molecule has 0 bridgehead atoms. The summed E-state index contributed by atoms with van der Waals surface area (Å²) in [7, 11) is 0. The van der Waals surface area contributed by atoms with E-state index in [1.54, 1.807) is 0 Å². The number of hydrogen-bond donors (Lipinski definition) is 0. The molecule has 0 aliphatic carbocycles. The van der Waals surface area contributed by atoms with Crippen molar-refractivity contribution in [3.8, 4) is 0 Å². The minimum Gasteiger partial charge on any atom is -0.379 e. The van der Waals surface area contributed by atoms with Crippen molar-refractivity contribution < 1.29 is 4.74 Å². The van der Waals surface area contributed by atoms with Crippen LogP contribution in [0, 0.1) is 0 Å². The number of benzene rings is 1. The lowest BCUT2D eigenvalue weighted by Crippen LogP contribution is -2.38. The van der Waals surface area contributed by atoms with Crippen LogP contribution in [0.2, 0.25) is 0 Å². The van der Waals surface area contributed by atoms with E-state index in [0.29, 0.717) is 0 Å². The standard InChI is InChI=1S/C23H23N5O/c1-2-6-21-19(5-1)20(8-11-24-21)23(22-7-3-4-10-25-22)18(17-26-27-23)9-12-28-13-15-29-16-14-28/h1-8,10-11,17H,9,12-16H2. The van der Waals surface area contributed by atoms with Crippen LogP contribution in [0.25, 0.3) is 10.9 Å². The average Bonchev–Trinajstić information content (AvgIpc) is 3.23. The molecule has 6 nitrogen and oxygen atoms in total. The van der Waals surface area contributed by atoms with Gasteiger partial charge in [-0.2, -0.15) is 10.2 Å². The van der Waals surface area contributed by atoms with Crippen LogP contribution in [0.3, 0.4) is 0 Å². The van der Waals surface area contributed by atoms with Gasteiger partial charge in [0, 0.05) is 43.0 Å². The lowest BCUT2D eigenvalue weighted by Gasteiger charge is -2.32. The number of aromatic nitrogens is 2. The highest BCUT2D eigenvalue weighted by Crippen LogP contribution is 2.46. The molecule has 2 aliphatic heterocycles. The second kappa shape index (κ2) is 7.81. The van der Waals surface area contributed by atoms with Gasteiger partial charge in [0.15, 0.2) is 5.54 Å². The minimum atomic E-state index is -0.712. The number of hydrogen-bond acceptors (Lipinski definition) is 6. The summed E-state index contributed by atoms with van der Waals surface area (Å²) in [5, 5.41) is 10.3. The van der Waals surface area contributed by atoms with Crippen molar-refractivity contribution in [2.24, 2.45) is 10.2 Å². The number of nitrogens with zero attached hydrogens (tertiary/aromatic N) is 5. The van der Waals surface area contributed by atoms with Gasteiger partial charge in [-0.1, -0.05) is 24.3 Å². The Hall–Kier alpha value is -2.96. The molecule has 2 aliphatic rings.